The molecule has 0 amide bonds. The minimum atomic E-state index is 0.776. The summed E-state index contributed by atoms with van der Waals surface area (Å²) in [6, 6.07) is 18.5. The van der Waals surface area contributed by atoms with Crippen LogP contribution in [0.25, 0.3) is 0 Å². The third-order valence-electron chi connectivity index (χ3n) is 5.30. The fraction of sp³-hybridized carbons (Fsp3) is 0.304. The van der Waals surface area contributed by atoms with Crippen LogP contribution in [0.5, 0.6) is 5.75 Å². The Morgan fingerprint density at radius 2 is 1.66 bits per heavy atom. The number of hydrogen-bond donors (Lipinski definition) is 1. The van der Waals surface area contributed by atoms with Gasteiger partial charge in [0, 0.05) is 43.8 Å². The molecule has 0 radical (unpaired) electrons. The molecule has 3 aromatic rings. The number of hydrogen-bond acceptors (Lipinski definition) is 6. The van der Waals surface area contributed by atoms with Gasteiger partial charge in [-0.2, -0.15) is 4.98 Å². The summed E-state index contributed by atoms with van der Waals surface area (Å²) < 4.78 is 5.25. The van der Waals surface area contributed by atoms with Crippen molar-refractivity contribution >= 4 is 23.1 Å². The average Bonchev–Trinajstić information content (AvgIpc) is 2.80. The predicted octanol–water partition coefficient (Wildman–Crippen LogP) is 4.12. The lowest BCUT2D eigenvalue weighted by atomic mass is 10.1. The van der Waals surface area contributed by atoms with Crippen molar-refractivity contribution in [3.05, 3.63) is 66.4 Å². The molecule has 1 aromatic heterocycles. The number of methoxy groups -OCH3 is 1. The molecule has 0 unspecified atom stereocenters. The van der Waals surface area contributed by atoms with Crippen molar-refractivity contribution in [1.82, 2.24) is 9.97 Å². The second-order valence-corrected chi connectivity index (χ2v) is 7.05. The van der Waals surface area contributed by atoms with Gasteiger partial charge in [-0.25, -0.2) is 4.98 Å². The molecule has 0 spiro atoms. The van der Waals surface area contributed by atoms with Gasteiger partial charge in [-0.1, -0.05) is 25.1 Å². The highest BCUT2D eigenvalue weighted by molar-refractivity contribution is 5.61. The van der Waals surface area contributed by atoms with Crippen LogP contribution in [0, 0.1) is 0 Å². The van der Waals surface area contributed by atoms with Crippen LogP contribution < -0.4 is 19.9 Å². The van der Waals surface area contributed by atoms with E-state index in [2.05, 4.69) is 57.4 Å². The Labute approximate surface area is 172 Å². The largest absolute Gasteiger partial charge is 0.497 e. The van der Waals surface area contributed by atoms with Gasteiger partial charge in [0.05, 0.1) is 7.11 Å². The molecule has 2 aromatic carbocycles. The fourth-order valence-corrected chi connectivity index (χ4v) is 3.62. The number of nitrogens with one attached hydrogen (secondary N) is 1. The standard InChI is InChI=1S/C23H27N5O/c1-3-18-6-4-5-7-21(18)25-22-12-13-24-23(26-22)28-16-14-27(15-17-28)19-8-10-20(29-2)11-9-19/h4-13H,3,14-17H2,1-2H3,(H,24,25,26). The number of piperazine rings is 1. The fourth-order valence-electron chi connectivity index (χ4n) is 3.62. The Kier molecular flexibility index (Phi) is 5.79. The van der Waals surface area contributed by atoms with E-state index in [1.807, 2.05) is 30.5 Å². The lowest BCUT2D eigenvalue weighted by Gasteiger charge is -2.36. The van der Waals surface area contributed by atoms with Crippen LogP contribution >= 0.6 is 0 Å². The highest BCUT2D eigenvalue weighted by Crippen LogP contribution is 2.23. The number of aryl methyl sites for hydroxylation is 1. The molecule has 1 aliphatic heterocycles. The van der Waals surface area contributed by atoms with Crippen LogP contribution in [0.1, 0.15) is 12.5 Å². The number of ether oxygens (including phenoxy) is 1. The van der Waals surface area contributed by atoms with Crippen LogP contribution in [0.3, 0.4) is 0 Å². The lowest BCUT2D eigenvalue weighted by Crippen LogP contribution is -2.47. The van der Waals surface area contributed by atoms with Gasteiger partial charge >= 0.3 is 0 Å². The second kappa shape index (κ2) is 8.82. The van der Waals surface area contributed by atoms with Crippen LogP contribution in [0.15, 0.2) is 60.8 Å². The van der Waals surface area contributed by atoms with Gasteiger partial charge in [-0.15, -0.1) is 0 Å². The average molecular weight is 390 g/mol. The van der Waals surface area contributed by atoms with Crippen molar-refractivity contribution in [2.45, 2.75) is 13.3 Å². The zero-order chi connectivity index (χ0) is 20.1. The van der Waals surface area contributed by atoms with Gasteiger partial charge in [-0.05, 0) is 48.4 Å². The molecular formula is C23H27N5O. The van der Waals surface area contributed by atoms with Gasteiger partial charge in [0.15, 0.2) is 0 Å². The zero-order valence-electron chi connectivity index (χ0n) is 17.0. The zero-order valence-corrected chi connectivity index (χ0v) is 17.0. The van der Waals surface area contributed by atoms with Crippen molar-refractivity contribution in [3.63, 3.8) is 0 Å². The monoisotopic (exact) mass is 389 g/mol. The van der Waals surface area contributed by atoms with Crippen molar-refractivity contribution in [1.29, 1.82) is 0 Å². The second-order valence-electron chi connectivity index (χ2n) is 7.05. The lowest BCUT2D eigenvalue weighted by molar-refractivity contribution is 0.415. The first-order valence-corrected chi connectivity index (χ1v) is 10.1. The summed E-state index contributed by atoms with van der Waals surface area (Å²) in [5.41, 5.74) is 3.60. The summed E-state index contributed by atoms with van der Waals surface area (Å²) in [5, 5.41) is 3.45. The van der Waals surface area contributed by atoms with E-state index >= 15 is 0 Å². The van der Waals surface area contributed by atoms with Crippen LogP contribution in [-0.4, -0.2) is 43.3 Å². The third-order valence-corrected chi connectivity index (χ3v) is 5.30. The van der Waals surface area contributed by atoms with Crippen LogP contribution in [0.2, 0.25) is 0 Å². The van der Waals surface area contributed by atoms with E-state index in [0.717, 1.165) is 55.8 Å². The summed E-state index contributed by atoms with van der Waals surface area (Å²) >= 11 is 0. The molecule has 0 saturated carbocycles. The number of aromatic nitrogens is 2. The van der Waals surface area contributed by atoms with E-state index in [1.165, 1.54) is 11.3 Å². The first-order chi connectivity index (χ1) is 14.3. The summed E-state index contributed by atoms with van der Waals surface area (Å²) in [5.74, 6) is 2.49. The first kappa shape index (κ1) is 19.1. The van der Waals surface area contributed by atoms with E-state index in [4.69, 9.17) is 9.72 Å². The molecule has 6 nitrogen and oxygen atoms in total. The van der Waals surface area contributed by atoms with Crippen molar-refractivity contribution in [2.24, 2.45) is 0 Å². The number of para-hydroxylation sites is 1. The van der Waals surface area contributed by atoms with E-state index in [9.17, 15) is 0 Å². The molecule has 2 heterocycles. The smallest absolute Gasteiger partial charge is 0.227 e. The normalized spacial score (nSPS) is 14.0. The summed E-state index contributed by atoms with van der Waals surface area (Å²) in [6.07, 6.45) is 2.81. The van der Waals surface area contributed by atoms with Crippen molar-refractivity contribution < 1.29 is 4.74 Å². The Morgan fingerprint density at radius 1 is 0.931 bits per heavy atom. The Morgan fingerprint density at radius 3 is 2.38 bits per heavy atom. The van der Waals surface area contributed by atoms with Gasteiger partial charge in [-0.3, -0.25) is 0 Å². The van der Waals surface area contributed by atoms with E-state index < -0.39 is 0 Å². The molecule has 29 heavy (non-hydrogen) atoms. The third kappa shape index (κ3) is 4.42. The van der Waals surface area contributed by atoms with Crippen molar-refractivity contribution in [3.8, 4) is 5.75 Å². The molecule has 0 aliphatic carbocycles. The van der Waals surface area contributed by atoms with Crippen molar-refractivity contribution in [2.75, 3.05) is 48.4 Å². The molecule has 1 aliphatic rings. The Hall–Kier alpha value is -3.28. The van der Waals surface area contributed by atoms with Gasteiger partial charge < -0.3 is 19.9 Å². The number of benzene rings is 2. The summed E-state index contributed by atoms with van der Waals surface area (Å²) in [7, 11) is 1.69. The summed E-state index contributed by atoms with van der Waals surface area (Å²) in [6.45, 7) is 5.81. The topological polar surface area (TPSA) is 53.5 Å². The number of anilines is 4. The molecular weight excluding hydrogens is 362 g/mol. The maximum absolute atomic E-state index is 5.25. The number of nitrogens with zero attached hydrogens (tertiary/aromatic N) is 4. The molecule has 1 saturated heterocycles. The number of rotatable bonds is 6. The molecule has 1 fully saturated rings. The predicted molar refractivity (Wildman–Crippen MR) is 119 cm³/mol. The Bertz CT molecular complexity index is 936. The maximum atomic E-state index is 5.25. The van der Waals surface area contributed by atoms with E-state index in [1.54, 1.807) is 7.11 Å². The minimum absolute atomic E-state index is 0.776. The SMILES string of the molecule is CCc1ccccc1Nc1ccnc(N2CCN(c3ccc(OC)cc3)CC2)n1. The minimum Gasteiger partial charge on any atom is -0.497 e. The van der Waals surface area contributed by atoms with Crippen LogP contribution in [-0.2, 0) is 6.42 Å². The highest BCUT2D eigenvalue weighted by atomic mass is 16.5. The molecule has 0 atom stereocenters. The van der Waals surface area contributed by atoms with E-state index in [-0.39, 0.29) is 0 Å². The molecule has 0 bridgehead atoms. The molecule has 4 rings (SSSR count). The van der Waals surface area contributed by atoms with E-state index in [0.29, 0.717) is 0 Å². The van der Waals surface area contributed by atoms with Gasteiger partial charge in [0.2, 0.25) is 5.95 Å². The highest BCUT2D eigenvalue weighted by Gasteiger charge is 2.19. The van der Waals surface area contributed by atoms with Gasteiger partial charge in [0.25, 0.3) is 0 Å². The Balaban J connectivity index is 1.41. The first-order valence-electron chi connectivity index (χ1n) is 10.1. The molecule has 6 heteroatoms. The van der Waals surface area contributed by atoms with Crippen LogP contribution in [0.4, 0.5) is 23.1 Å². The van der Waals surface area contributed by atoms with Gasteiger partial charge in [0.1, 0.15) is 11.6 Å². The molecule has 1 N–H and O–H groups in total. The maximum Gasteiger partial charge on any atom is 0.227 e. The quantitative estimate of drug-likeness (QED) is 0.685. The summed E-state index contributed by atoms with van der Waals surface area (Å²) in [4.78, 5) is 13.9. The molecule has 150 valence electrons.